The summed E-state index contributed by atoms with van der Waals surface area (Å²) in [5, 5.41) is 3.01. The fourth-order valence-electron chi connectivity index (χ4n) is 2.43. The molecule has 0 aromatic carbocycles. The number of nitrogens with one attached hydrogen (secondary N) is 2. The number of unbranched alkanes of at least 4 members (excludes halogenated alkanes) is 3. The molecule has 4 nitrogen and oxygen atoms in total. The molecule has 0 aliphatic heterocycles. The van der Waals surface area contributed by atoms with Crippen LogP contribution in [-0.4, -0.2) is 33.1 Å². The van der Waals surface area contributed by atoms with Crippen molar-refractivity contribution in [2.75, 3.05) is 27.2 Å². The van der Waals surface area contributed by atoms with Crippen LogP contribution in [0.4, 0.5) is 0 Å². The summed E-state index contributed by atoms with van der Waals surface area (Å²) >= 11 is 0. The zero-order chi connectivity index (χ0) is 15.5. The minimum absolute atomic E-state index is 0.133. The Morgan fingerprint density at radius 3 is 2.76 bits per heavy atom. The zero-order valence-electron chi connectivity index (χ0n) is 13.8. The van der Waals surface area contributed by atoms with E-state index in [2.05, 4.69) is 26.3 Å². The standard InChI is InChI=1S/C17H30N2O2/c1-4-5-6-7-9-15(16-10-8-13-21-16)14-17(20)18-11-12-19(2)3/h8,10,13,15H,4-7,9,11-12,14H2,1-3H3,(H,18,20)/p+1/t15-/m0/s1. The van der Waals surface area contributed by atoms with Crippen molar-refractivity contribution in [3.63, 3.8) is 0 Å². The van der Waals surface area contributed by atoms with Crippen molar-refractivity contribution >= 4 is 5.91 Å². The Kier molecular flexibility index (Phi) is 8.83. The number of hydrogen-bond acceptors (Lipinski definition) is 2. The SMILES string of the molecule is CCCCCC[C@@H](CC(=O)NCC[NH+](C)C)c1ccco1. The van der Waals surface area contributed by atoms with Crippen LogP contribution in [0.25, 0.3) is 0 Å². The second-order valence-corrected chi connectivity index (χ2v) is 6.07. The lowest BCUT2D eigenvalue weighted by atomic mass is 9.94. The average Bonchev–Trinajstić information content (AvgIpc) is 2.95. The van der Waals surface area contributed by atoms with Crippen molar-refractivity contribution in [2.45, 2.75) is 51.4 Å². The predicted molar refractivity (Wildman–Crippen MR) is 85.5 cm³/mol. The average molecular weight is 295 g/mol. The maximum absolute atomic E-state index is 12.1. The number of rotatable bonds is 11. The monoisotopic (exact) mass is 295 g/mol. The van der Waals surface area contributed by atoms with Gasteiger partial charge in [-0.2, -0.15) is 0 Å². The van der Waals surface area contributed by atoms with E-state index in [9.17, 15) is 4.79 Å². The van der Waals surface area contributed by atoms with Crippen LogP contribution < -0.4 is 10.2 Å². The molecule has 4 heteroatoms. The van der Waals surface area contributed by atoms with Gasteiger partial charge in [0, 0.05) is 12.3 Å². The summed E-state index contributed by atoms with van der Waals surface area (Å²) in [7, 11) is 4.18. The molecule has 0 radical (unpaired) electrons. The molecule has 0 bridgehead atoms. The normalized spacial score (nSPS) is 12.6. The molecule has 1 rings (SSSR count). The van der Waals surface area contributed by atoms with E-state index in [0.29, 0.717) is 6.42 Å². The van der Waals surface area contributed by atoms with E-state index in [1.807, 2.05) is 12.1 Å². The molecular formula is C17H31N2O2+. The van der Waals surface area contributed by atoms with Crippen molar-refractivity contribution in [1.82, 2.24) is 5.32 Å². The highest BCUT2D eigenvalue weighted by Gasteiger charge is 2.18. The van der Waals surface area contributed by atoms with Crippen LogP contribution in [0.2, 0.25) is 0 Å². The Labute approximate surface area is 128 Å². The minimum atomic E-state index is 0.133. The van der Waals surface area contributed by atoms with E-state index in [4.69, 9.17) is 4.42 Å². The van der Waals surface area contributed by atoms with E-state index in [1.54, 1.807) is 6.26 Å². The summed E-state index contributed by atoms with van der Waals surface area (Å²) in [6, 6.07) is 3.89. The van der Waals surface area contributed by atoms with Gasteiger partial charge in [0.25, 0.3) is 0 Å². The molecule has 0 unspecified atom stereocenters. The van der Waals surface area contributed by atoms with Crippen molar-refractivity contribution in [1.29, 1.82) is 0 Å². The van der Waals surface area contributed by atoms with Gasteiger partial charge in [0.15, 0.2) is 0 Å². The van der Waals surface area contributed by atoms with E-state index >= 15 is 0 Å². The molecule has 0 saturated heterocycles. The molecule has 1 aromatic rings. The number of furan rings is 1. The minimum Gasteiger partial charge on any atom is -0.469 e. The number of hydrogen-bond donors (Lipinski definition) is 2. The lowest BCUT2D eigenvalue weighted by Gasteiger charge is -2.15. The van der Waals surface area contributed by atoms with E-state index in [1.165, 1.54) is 24.2 Å². The van der Waals surface area contributed by atoms with Crippen molar-refractivity contribution in [3.05, 3.63) is 24.2 Å². The molecule has 0 aliphatic carbocycles. The van der Waals surface area contributed by atoms with Crippen molar-refractivity contribution < 1.29 is 14.1 Å². The van der Waals surface area contributed by atoms with Crippen LogP contribution in [0.5, 0.6) is 0 Å². The summed E-state index contributed by atoms with van der Waals surface area (Å²) in [5.74, 6) is 1.29. The number of carbonyl (C=O) groups excluding carboxylic acids is 1. The largest absolute Gasteiger partial charge is 0.469 e. The molecule has 2 N–H and O–H groups in total. The zero-order valence-corrected chi connectivity index (χ0v) is 13.8. The molecule has 21 heavy (non-hydrogen) atoms. The Bertz CT molecular complexity index is 374. The number of likely N-dealkylation sites (N-methyl/N-ethyl adjacent to an activating group) is 1. The summed E-state index contributed by atoms with van der Waals surface area (Å²) in [4.78, 5) is 13.4. The third kappa shape index (κ3) is 7.90. The predicted octanol–water partition coefficient (Wildman–Crippen LogP) is 1.98. The first-order valence-corrected chi connectivity index (χ1v) is 8.22. The summed E-state index contributed by atoms with van der Waals surface area (Å²) in [6.45, 7) is 3.90. The molecule has 120 valence electrons. The van der Waals surface area contributed by atoms with Crippen LogP contribution in [0.3, 0.4) is 0 Å². The van der Waals surface area contributed by atoms with Gasteiger partial charge in [-0.15, -0.1) is 0 Å². The Morgan fingerprint density at radius 2 is 2.14 bits per heavy atom. The molecule has 1 amide bonds. The van der Waals surface area contributed by atoms with Crippen molar-refractivity contribution in [2.24, 2.45) is 0 Å². The molecule has 0 saturated carbocycles. The number of amides is 1. The van der Waals surface area contributed by atoms with Crippen LogP contribution in [0.15, 0.2) is 22.8 Å². The fourth-order valence-corrected chi connectivity index (χ4v) is 2.43. The summed E-state index contributed by atoms with van der Waals surface area (Å²) in [5.41, 5.74) is 0. The maximum atomic E-state index is 12.1. The van der Waals surface area contributed by atoms with Gasteiger partial charge in [-0.3, -0.25) is 4.79 Å². The lowest BCUT2D eigenvalue weighted by Crippen LogP contribution is -3.06. The lowest BCUT2D eigenvalue weighted by molar-refractivity contribution is -0.856. The molecule has 1 aromatic heterocycles. The first kappa shape index (κ1) is 17.8. The van der Waals surface area contributed by atoms with Gasteiger partial charge in [-0.25, -0.2) is 0 Å². The second-order valence-electron chi connectivity index (χ2n) is 6.07. The fraction of sp³-hybridized carbons (Fsp3) is 0.706. The molecule has 0 fully saturated rings. The summed E-state index contributed by atoms with van der Waals surface area (Å²) < 4.78 is 5.51. The van der Waals surface area contributed by atoms with Crippen molar-refractivity contribution in [3.8, 4) is 0 Å². The Balaban J connectivity index is 2.39. The molecule has 0 spiro atoms. The third-order valence-corrected chi connectivity index (χ3v) is 3.73. The Morgan fingerprint density at radius 1 is 1.33 bits per heavy atom. The van der Waals surface area contributed by atoms with Gasteiger partial charge in [-0.1, -0.05) is 32.6 Å². The van der Waals surface area contributed by atoms with Gasteiger partial charge < -0.3 is 14.6 Å². The molecule has 1 atom stereocenters. The van der Waals surface area contributed by atoms with E-state index < -0.39 is 0 Å². The number of quaternary nitrogens is 1. The van der Waals surface area contributed by atoms with Gasteiger partial charge >= 0.3 is 0 Å². The topological polar surface area (TPSA) is 46.7 Å². The van der Waals surface area contributed by atoms with Crippen LogP contribution in [0, 0.1) is 0 Å². The number of carbonyl (C=O) groups is 1. The quantitative estimate of drug-likeness (QED) is 0.613. The highest BCUT2D eigenvalue weighted by Crippen LogP contribution is 2.26. The van der Waals surface area contributed by atoms with E-state index in [-0.39, 0.29) is 11.8 Å². The van der Waals surface area contributed by atoms with E-state index in [0.717, 1.165) is 31.7 Å². The third-order valence-electron chi connectivity index (χ3n) is 3.73. The first-order valence-electron chi connectivity index (χ1n) is 8.22. The Hall–Kier alpha value is -1.29. The van der Waals surface area contributed by atoms with Gasteiger partial charge in [0.2, 0.25) is 5.91 Å². The van der Waals surface area contributed by atoms with Gasteiger partial charge in [-0.05, 0) is 18.6 Å². The van der Waals surface area contributed by atoms with Crippen LogP contribution in [0.1, 0.15) is 57.1 Å². The highest BCUT2D eigenvalue weighted by molar-refractivity contribution is 5.76. The molecular weight excluding hydrogens is 264 g/mol. The second kappa shape index (κ2) is 10.4. The first-order chi connectivity index (χ1) is 10.1. The highest BCUT2D eigenvalue weighted by atomic mass is 16.3. The smallest absolute Gasteiger partial charge is 0.220 e. The molecule has 0 aliphatic rings. The van der Waals surface area contributed by atoms with Gasteiger partial charge in [0.1, 0.15) is 5.76 Å². The van der Waals surface area contributed by atoms with Crippen LogP contribution in [-0.2, 0) is 4.79 Å². The molecule has 1 heterocycles. The summed E-state index contributed by atoms with van der Waals surface area (Å²) in [6.07, 6.45) is 8.15. The maximum Gasteiger partial charge on any atom is 0.220 e. The van der Waals surface area contributed by atoms with Gasteiger partial charge in [0.05, 0.1) is 33.4 Å². The van der Waals surface area contributed by atoms with Crippen LogP contribution >= 0.6 is 0 Å².